The standard InChI is InChI=1S/C23H28N6O6S/c1-14-6-9-29(19(11-14)35-23(31)32)21(30)17(13-27-22-24-7-8-25-22)28-36(33,34)18-5-3-4-16-10-15(2)12-26-20(16)18/h3-5,7-8,10,12,14,17,19,28H,6,9,11,13H2,1-2H3,(H,31,32)(H2,24,25,27)/t14-,17+,19-/m1/s1. The summed E-state index contributed by atoms with van der Waals surface area (Å²) in [7, 11) is -4.21. The van der Waals surface area contributed by atoms with Crippen LogP contribution in [-0.2, 0) is 19.6 Å². The van der Waals surface area contributed by atoms with Crippen molar-refractivity contribution < 1.29 is 27.9 Å². The molecule has 0 aliphatic carbocycles. The number of aromatic nitrogens is 3. The molecule has 3 aromatic rings. The summed E-state index contributed by atoms with van der Waals surface area (Å²) in [4.78, 5) is 37.3. The first kappa shape index (κ1) is 25.4. The molecule has 1 fully saturated rings. The number of hydrogen-bond donors (Lipinski definition) is 4. The maximum atomic E-state index is 13.6. The molecule has 36 heavy (non-hydrogen) atoms. The van der Waals surface area contributed by atoms with E-state index in [2.05, 4.69) is 25.0 Å². The number of H-pyrrole nitrogens is 1. The van der Waals surface area contributed by atoms with Crippen LogP contribution in [0.25, 0.3) is 10.9 Å². The van der Waals surface area contributed by atoms with Crippen LogP contribution < -0.4 is 10.0 Å². The average molecular weight is 517 g/mol. The Bertz CT molecular complexity index is 1350. The fourth-order valence-corrected chi connectivity index (χ4v) is 5.59. The molecule has 4 rings (SSSR count). The second-order valence-electron chi connectivity index (χ2n) is 8.83. The lowest BCUT2D eigenvalue weighted by molar-refractivity contribution is -0.149. The molecule has 4 N–H and O–H groups in total. The predicted molar refractivity (Wildman–Crippen MR) is 131 cm³/mol. The van der Waals surface area contributed by atoms with E-state index in [1.54, 1.807) is 24.5 Å². The number of amides is 1. The van der Waals surface area contributed by atoms with Crippen LogP contribution in [0.5, 0.6) is 0 Å². The van der Waals surface area contributed by atoms with Gasteiger partial charge < -0.3 is 25.0 Å². The van der Waals surface area contributed by atoms with E-state index in [4.69, 9.17) is 4.74 Å². The van der Waals surface area contributed by atoms with Gasteiger partial charge in [-0.2, -0.15) is 4.72 Å². The van der Waals surface area contributed by atoms with Crippen molar-refractivity contribution in [3.8, 4) is 0 Å². The van der Waals surface area contributed by atoms with Crippen LogP contribution in [0, 0.1) is 12.8 Å². The number of carbonyl (C=O) groups is 2. The van der Waals surface area contributed by atoms with Crippen molar-refractivity contribution in [3.05, 3.63) is 48.4 Å². The third-order valence-corrected chi connectivity index (χ3v) is 7.51. The Morgan fingerprint density at radius 2 is 2.14 bits per heavy atom. The zero-order valence-electron chi connectivity index (χ0n) is 19.8. The van der Waals surface area contributed by atoms with E-state index in [-0.39, 0.29) is 29.4 Å². The number of carboxylic acid groups (broad SMARTS) is 1. The highest BCUT2D eigenvalue weighted by Crippen LogP contribution is 2.26. The first-order valence-corrected chi connectivity index (χ1v) is 12.9. The number of piperidine rings is 1. The number of rotatable bonds is 8. The van der Waals surface area contributed by atoms with Crippen molar-refractivity contribution in [1.82, 2.24) is 24.6 Å². The third-order valence-electron chi connectivity index (χ3n) is 6.00. The van der Waals surface area contributed by atoms with Crippen molar-refractivity contribution in [2.75, 3.05) is 18.4 Å². The van der Waals surface area contributed by atoms with Crippen molar-refractivity contribution in [3.63, 3.8) is 0 Å². The Morgan fingerprint density at radius 3 is 2.86 bits per heavy atom. The highest BCUT2D eigenvalue weighted by Gasteiger charge is 2.38. The maximum absolute atomic E-state index is 13.6. The number of para-hydroxylation sites is 1. The summed E-state index contributed by atoms with van der Waals surface area (Å²) < 4.78 is 34.5. The van der Waals surface area contributed by atoms with Crippen LogP contribution in [0.15, 0.2) is 47.8 Å². The van der Waals surface area contributed by atoms with Gasteiger partial charge in [0.1, 0.15) is 10.9 Å². The molecule has 1 aromatic carbocycles. The molecule has 0 radical (unpaired) electrons. The Labute approximate surface area is 208 Å². The summed E-state index contributed by atoms with van der Waals surface area (Å²) in [5, 5.41) is 12.7. The van der Waals surface area contributed by atoms with Gasteiger partial charge in [-0.3, -0.25) is 9.78 Å². The fraction of sp³-hybridized carbons (Fsp3) is 0.391. The lowest BCUT2D eigenvalue weighted by Gasteiger charge is -2.38. The number of carbonyl (C=O) groups excluding carboxylic acids is 1. The molecular weight excluding hydrogens is 488 g/mol. The van der Waals surface area contributed by atoms with Crippen LogP contribution in [0.2, 0.25) is 0 Å². The number of benzene rings is 1. The van der Waals surface area contributed by atoms with Gasteiger partial charge in [-0.1, -0.05) is 19.1 Å². The number of ether oxygens (including phenoxy) is 1. The Morgan fingerprint density at radius 1 is 1.33 bits per heavy atom. The molecule has 1 saturated heterocycles. The van der Waals surface area contributed by atoms with Gasteiger partial charge in [-0.05, 0) is 37.0 Å². The van der Waals surface area contributed by atoms with Gasteiger partial charge >= 0.3 is 6.16 Å². The van der Waals surface area contributed by atoms with Crippen LogP contribution in [0.3, 0.4) is 0 Å². The smallest absolute Gasteiger partial charge is 0.450 e. The molecule has 0 spiro atoms. The summed E-state index contributed by atoms with van der Waals surface area (Å²) in [5.74, 6) is -0.125. The van der Waals surface area contributed by atoms with Crippen molar-refractivity contribution in [1.29, 1.82) is 0 Å². The predicted octanol–water partition coefficient (Wildman–Crippen LogP) is 2.30. The molecule has 3 atom stereocenters. The van der Waals surface area contributed by atoms with E-state index in [1.807, 2.05) is 19.9 Å². The number of imidazole rings is 1. The molecule has 0 bridgehead atoms. The number of nitrogens with one attached hydrogen (secondary N) is 3. The van der Waals surface area contributed by atoms with Gasteiger partial charge in [0, 0.05) is 43.5 Å². The Kier molecular flexibility index (Phi) is 7.40. The summed E-state index contributed by atoms with van der Waals surface area (Å²) in [5.41, 5.74) is 1.16. The molecule has 1 aliphatic rings. The number of anilines is 1. The number of pyridine rings is 1. The normalized spacial score (nSPS) is 19.1. The van der Waals surface area contributed by atoms with Gasteiger partial charge in [-0.25, -0.2) is 18.2 Å². The number of aryl methyl sites for hydroxylation is 1. The zero-order chi connectivity index (χ0) is 25.9. The largest absolute Gasteiger partial charge is 0.507 e. The summed E-state index contributed by atoms with van der Waals surface area (Å²) in [6.07, 6.45) is 3.08. The minimum Gasteiger partial charge on any atom is -0.450 e. The number of nitrogens with zero attached hydrogens (tertiary/aromatic N) is 3. The quantitative estimate of drug-likeness (QED) is 0.329. The van der Waals surface area contributed by atoms with Crippen molar-refractivity contribution in [2.45, 2.75) is 43.9 Å². The number of hydrogen-bond acceptors (Lipinski definition) is 8. The van der Waals surface area contributed by atoms with Gasteiger partial charge in [0.15, 0.2) is 12.2 Å². The SMILES string of the molecule is Cc1cnc2c(S(=O)(=O)N[C@@H](CNc3ncc[nH]3)C(=O)N3CC[C@@H](C)C[C@H]3OC(=O)O)cccc2c1. The minimum atomic E-state index is -4.21. The van der Waals surface area contributed by atoms with E-state index in [9.17, 15) is 23.1 Å². The lowest BCUT2D eigenvalue weighted by atomic mass is 9.97. The van der Waals surface area contributed by atoms with Crippen molar-refractivity contribution >= 4 is 38.9 Å². The number of likely N-dealkylation sites (tertiary alicyclic amines) is 1. The highest BCUT2D eigenvalue weighted by atomic mass is 32.2. The molecule has 2 aromatic heterocycles. The number of aromatic amines is 1. The lowest BCUT2D eigenvalue weighted by Crippen LogP contribution is -2.57. The van der Waals surface area contributed by atoms with E-state index < -0.39 is 34.4 Å². The van der Waals surface area contributed by atoms with E-state index in [0.717, 1.165) is 5.56 Å². The first-order chi connectivity index (χ1) is 17.1. The van der Waals surface area contributed by atoms with Crippen LogP contribution in [-0.4, -0.2) is 70.8 Å². The Hall–Kier alpha value is -3.71. The molecule has 13 heteroatoms. The second-order valence-corrected chi connectivity index (χ2v) is 10.5. The minimum absolute atomic E-state index is 0.0681. The first-order valence-electron chi connectivity index (χ1n) is 11.4. The summed E-state index contributed by atoms with van der Waals surface area (Å²) >= 11 is 0. The van der Waals surface area contributed by atoms with E-state index in [1.165, 1.54) is 17.2 Å². The maximum Gasteiger partial charge on any atom is 0.507 e. The van der Waals surface area contributed by atoms with E-state index >= 15 is 0 Å². The van der Waals surface area contributed by atoms with E-state index in [0.29, 0.717) is 24.2 Å². The molecule has 1 aliphatic heterocycles. The molecule has 12 nitrogen and oxygen atoms in total. The molecule has 192 valence electrons. The molecule has 3 heterocycles. The molecule has 0 saturated carbocycles. The topological polar surface area (TPSA) is 167 Å². The monoisotopic (exact) mass is 516 g/mol. The molecular formula is C23H28N6O6S. The van der Waals surface area contributed by atoms with Gasteiger partial charge in [0.25, 0.3) is 0 Å². The molecule has 1 amide bonds. The van der Waals surface area contributed by atoms with Gasteiger partial charge in [0.2, 0.25) is 15.9 Å². The van der Waals surface area contributed by atoms with Crippen LogP contribution in [0.4, 0.5) is 10.7 Å². The van der Waals surface area contributed by atoms with Crippen LogP contribution in [0.1, 0.15) is 25.3 Å². The summed E-state index contributed by atoms with van der Waals surface area (Å²) in [6.45, 7) is 3.88. The van der Waals surface area contributed by atoms with Gasteiger partial charge in [0.05, 0.1) is 5.52 Å². The molecule has 0 unspecified atom stereocenters. The number of fused-ring (bicyclic) bond motifs is 1. The average Bonchev–Trinajstić information content (AvgIpc) is 3.34. The second kappa shape index (κ2) is 10.5. The highest BCUT2D eigenvalue weighted by molar-refractivity contribution is 7.89. The van der Waals surface area contributed by atoms with Crippen LogP contribution >= 0.6 is 0 Å². The zero-order valence-corrected chi connectivity index (χ0v) is 20.7. The third kappa shape index (κ3) is 5.74. The number of sulfonamides is 1. The summed E-state index contributed by atoms with van der Waals surface area (Å²) in [6, 6.07) is 5.34. The Balaban J connectivity index is 1.65. The van der Waals surface area contributed by atoms with Gasteiger partial charge in [-0.15, -0.1) is 0 Å². The fourth-order valence-electron chi connectivity index (χ4n) is 4.22. The van der Waals surface area contributed by atoms with Crippen molar-refractivity contribution in [2.24, 2.45) is 5.92 Å².